The molecule has 0 spiro atoms. The van der Waals surface area contributed by atoms with Crippen LogP contribution >= 0.6 is 0 Å². The number of rotatable bonds is 2. The highest BCUT2D eigenvalue weighted by molar-refractivity contribution is 5.70. The number of cyclic esters (lactones) is 1. The second-order valence-electron chi connectivity index (χ2n) is 3.19. The molecule has 1 saturated heterocycles. The van der Waals surface area contributed by atoms with Gasteiger partial charge in [0.05, 0.1) is 13.2 Å². The molecular weight excluding hydrogens is 201 g/mol. The Morgan fingerprint density at radius 1 is 1.60 bits per heavy atom. The van der Waals surface area contributed by atoms with Crippen molar-refractivity contribution in [2.75, 3.05) is 13.7 Å². The Balaban J connectivity index is 2.25. The maximum absolute atomic E-state index is 13.1. The van der Waals surface area contributed by atoms with Crippen molar-refractivity contribution in [1.29, 1.82) is 0 Å². The third-order valence-corrected chi connectivity index (χ3v) is 2.25. The average molecular weight is 211 g/mol. The molecule has 1 amide bonds. The van der Waals surface area contributed by atoms with Gasteiger partial charge in [-0.25, -0.2) is 9.18 Å². The van der Waals surface area contributed by atoms with Gasteiger partial charge in [0.15, 0.2) is 11.6 Å². The molecule has 1 aliphatic heterocycles. The van der Waals surface area contributed by atoms with Gasteiger partial charge in [-0.1, -0.05) is 6.07 Å². The number of nitrogens with one attached hydrogen (secondary N) is 1. The van der Waals surface area contributed by atoms with Crippen LogP contribution in [0.15, 0.2) is 18.2 Å². The summed E-state index contributed by atoms with van der Waals surface area (Å²) in [7, 11) is 1.39. The summed E-state index contributed by atoms with van der Waals surface area (Å²) in [6.07, 6.45) is -0.455. The van der Waals surface area contributed by atoms with Crippen molar-refractivity contribution in [2.24, 2.45) is 0 Å². The molecule has 0 aromatic heterocycles. The number of benzene rings is 1. The Morgan fingerprint density at radius 2 is 2.40 bits per heavy atom. The minimum Gasteiger partial charge on any atom is -0.494 e. The van der Waals surface area contributed by atoms with E-state index < -0.39 is 11.9 Å². The number of methoxy groups -OCH3 is 1. The van der Waals surface area contributed by atoms with Crippen molar-refractivity contribution in [3.05, 3.63) is 29.6 Å². The van der Waals surface area contributed by atoms with Gasteiger partial charge in [-0.2, -0.15) is 0 Å². The van der Waals surface area contributed by atoms with E-state index in [1.807, 2.05) is 0 Å². The fraction of sp³-hybridized carbons (Fsp3) is 0.300. The molecule has 1 atom stereocenters. The average Bonchev–Trinajstić information content (AvgIpc) is 2.66. The first kappa shape index (κ1) is 9.76. The van der Waals surface area contributed by atoms with Crippen molar-refractivity contribution in [3.63, 3.8) is 0 Å². The first-order chi connectivity index (χ1) is 7.20. The Bertz CT molecular complexity index is 394. The minimum atomic E-state index is -0.455. The predicted octanol–water partition coefficient (Wildman–Crippen LogP) is 1.62. The normalized spacial score (nSPS) is 19.6. The first-order valence-electron chi connectivity index (χ1n) is 4.47. The van der Waals surface area contributed by atoms with Crippen LogP contribution in [0.25, 0.3) is 0 Å². The number of hydrogen-bond acceptors (Lipinski definition) is 3. The summed E-state index contributed by atoms with van der Waals surface area (Å²) in [6, 6.07) is 4.22. The molecular formula is C10H10FNO3. The lowest BCUT2D eigenvalue weighted by Gasteiger charge is -2.09. The fourth-order valence-corrected chi connectivity index (χ4v) is 1.46. The topological polar surface area (TPSA) is 47.6 Å². The van der Waals surface area contributed by atoms with Gasteiger partial charge in [-0.3, -0.25) is 0 Å². The SMILES string of the molecule is COc1cc([C@H]2COC(=O)N2)ccc1F. The number of halogens is 1. The molecule has 1 aliphatic rings. The molecule has 0 aliphatic carbocycles. The lowest BCUT2D eigenvalue weighted by atomic mass is 10.1. The molecule has 2 rings (SSSR count). The van der Waals surface area contributed by atoms with Crippen LogP contribution in [-0.4, -0.2) is 19.8 Å². The molecule has 1 aromatic rings. The zero-order valence-corrected chi connectivity index (χ0v) is 8.12. The van der Waals surface area contributed by atoms with Crippen LogP contribution in [0.1, 0.15) is 11.6 Å². The highest BCUT2D eigenvalue weighted by atomic mass is 19.1. The van der Waals surface area contributed by atoms with Crippen LogP contribution in [0, 0.1) is 5.82 Å². The Morgan fingerprint density at radius 3 is 3.00 bits per heavy atom. The molecule has 1 N–H and O–H groups in total. The molecule has 5 heteroatoms. The number of amides is 1. The molecule has 0 unspecified atom stereocenters. The Hall–Kier alpha value is -1.78. The molecule has 0 bridgehead atoms. The molecule has 1 aromatic carbocycles. The van der Waals surface area contributed by atoms with Gasteiger partial charge in [0.1, 0.15) is 6.61 Å². The van der Waals surface area contributed by atoms with Gasteiger partial charge >= 0.3 is 6.09 Å². The lowest BCUT2D eigenvalue weighted by Crippen LogP contribution is -2.18. The molecule has 1 fully saturated rings. The molecule has 0 radical (unpaired) electrons. The van der Waals surface area contributed by atoms with E-state index in [0.717, 1.165) is 5.56 Å². The third-order valence-electron chi connectivity index (χ3n) is 2.25. The summed E-state index contributed by atoms with van der Waals surface area (Å²) in [5, 5.41) is 2.60. The van der Waals surface area contributed by atoms with E-state index >= 15 is 0 Å². The van der Waals surface area contributed by atoms with E-state index in [0.29, 0.717) is 0 Å². The monoisotopic (exact) mass is 211 g/mol. The summed E-state index contributed by atoms with van der Waals surface area (Å²) >= 11 is 0. The summed E-state index contributed by atoms with van der Waals surface area (Å²) in [5.41, 5.74) is 0.763. The van der Waals surface area contributed by atoms with Crippen molar-refractivity contribution in [3.8, 4) is 5.75 Å². The highest BCUT2D eigenvalue weighted by Crippen LogP contribution is 2.24. The van der Waals surface area contributed by atoms with Gasteiger partial charge in [-0.15, -0.1) is 0 Å². The van der Waals surface area contributed by atoms with E-state index in [9.17, 15) is 9.18 Å². The van der Waals surface area contributed by atoms with Crippen LogP contribution < -0.4 is 10.1 Å². The van der Waals surface area contributed by atoms with Crippen LogP contribution in [0.4, 0.5) is 9.18 Å². The molecule has 0 saturated carbocycles. The molecule has 4 nitrogen and oxygen atoms in total. The van der Waals surface area contributed by atoms with Gasteiger partial charge in [0.25, 0.3) is 0 Å². The van der Waals surface area contributed by atoms with Crippen molar-refractivity contribution >= 4 is 6.09 Å². The quantitative estimate of drug-likeness (QED) is 0.808. The Labute approximate surface area is 86.0 Å². The standard InChI is InChI=1S/C10H10FNO3/c1-14-9-4-6(2-3-7(9)11)8-5-15-10(13)12-8/h2-4,8H,5H2,1H3,(H,12,13)/t8-/m1/s1. The molecule has 1 heterocycles. The maximum atomic E-state index is 13.1. The number of ether oxygens (including phenoxy) is 2. The highest BCUT2D eigenvalue weighted by Gasteiger charge is 2.24. The summed E-state index contributed by atoms with van der Waals surface area (Å²) < 4.78 is 22.7. The first-order valence-corrected chi connectivity index (χ1v) is 4.47. The van der Waals surface area contributed by atoms with Gasteiger partial charge in [0.2, 0.25) is 0 Å². The number of alkyl carbamates (subject to hydrolysis) is 1. The number of carbonyl (C=O) groups excluding carboxylic acids is 1. The molecule has 15 heavy (non-hydrogen) atoms. The maximum Gasteiger partial charge on any atom is 0.407 e. The largest absolute Gasteiger partial charge is 0.494 e. The van der Waals surface area contributed by atoms with Gasteiger partial charge in [-0.05, 0) is 17.7 Å². The smallest absolute Gasteiger partial charge is 0.407 e. The summed E-state index contributed by atoms with van der Waals surface area (Å²) in [4.78, 5) is 10.8. The second kappa shape index (κ2) is 3.76. The minimum absolute atomic E-state index is 0.161. The fourth-order valence-electron chi connectivity index (χ4n) is 1.46. The zero-order chi connectivity index (χ0) is 10.8. The second-order valence-corrected chi connectivity index (χ2v) is 3.19. The van der Waals surface area contributed by atoms with Crippen molar-refractivity contribution < 1.29 is 18.7 Å². The molecule has 80 valence electrons. The van der Waals surface area contributed by atoms with E-state index in [-0.39, 0.29) is 18.4 Å². The van der Waals surface area contributed by atoms with Crippen LogP contribution in [0.5, 0.6) is 5.75 Å². The lowest BCUT2D eigenvalue weighted by molar-refractivity contribution is 0.177. The van der Waals surface area contributed by atoms with Crippen LogP contribution in [-0.2, 0) is 4.74 Å². The van der Waals surface area contributed by atoms with Crippen molar-refractivity contribution in [1.82, 2.24) is 5.32 Å². The predicted molar refractivity (Wildman–Crippen MR) is 50.2 cm³/mol. The van der Waals surface area contributed by atoms with E-state index in [4.69, 9.17) is 9.47 Å². The van der Waals surface area contributed by atoms with Gasteiger partial charge < -0.3 is 14.8 Å². The summed E-state index contributed by atoms with van der Waals surface area (Å²) in [6.45, 7) is 0.258. The van der Waals surface area contributed by atoms with E-state index in [2.05, 4.69) is 5.32 Å². The van der Waals surface area contributed by atoms with Gasteiger partial charge in [0, 0.05) is 0 Å². The van der Waals surface area contributed by atoms with Crippen molar-refractivity contribution in [2.45, 2.75) is 6.04 Å². The van der Waals surface area contributed by atoms with Crippen LogP contribution in [0.3, 0.4) is 0 Å². The van der Waals surface area contributed by atoms with E-state index in [1.165, 1.54) is 13.2 Å². The third kappa shape index (κ3) is 1.86. The van der Waals surface area contributed by atoms with E-state index in [1.54, 1.807) is 12.1 Å². The van der Waals surface area contributed by atoms with Crippen LogP contribution in [0.2, 0.25) is 0 Å². The zero-order valence-electron chi connectivity index (χ0n) is 8.12. The number of hydrogen-bond donors (Lipinski definition) is 1. The number of carbonyl (C=O) groups is 1. The Kier molecular flexibility index (Phi) is 2.45. The summed E-state index contributed by atoms with van der Waals surface area (Å²) in [5.74, 6) is -0.264.